The van der Waals surface area contributed by atoms with E-state index in [9.17, 15) is 4.79 Å². The molecule has 5 rings (SSSR count). The van der Waals surface area contributed by atoms with Gasteiger partial charge in [-0.25, -0.2) is 0 Å². The highest BCUT2D eigenvalue weighted by molar-refractivity contribution is 7.99. The minimum atomic E-state index is -0.0632. The number of amides is 1. The minimum absolute atomic E-state index is 0.0632. The quantitative estimate of drug-likeness (QED) is 0.318. The smallest absolute Gasteiger partial charge is 0.230 e. The molecule has 34 heavy (non-hydrogen) atoms. The number of aromatic amines is 1. The van der Waals surface area contributed by atoms with E-state index in [0.29, 0.717) is 17.5 Å². The van der Waals surface area contributed by atoms with Crippen LogP contribution in [0.2, 0.25) is 0 Å². The molecule has 8 heteroatoms. The molecule has 0 aliphatic rings. The van der Waals surface area contributed by atoms with E-state index < -0.39 is 0 Å². The van der Waals surface area contributed by atoms with Gasteiger partial charge in [0.1, 0.15) is 5.75 Å². The maximum absolute atomic E-state index is 12.5. The summed E-state index contributed by atoms with van der Waals surface area (Å²) in [6, 6.07) is 25.6. The molecule has 1 amide bonds. The summed E-state index contributed by atoms with van der Waals surface area (Å²) in [5.74, 6) is 1.64. The first-order valence-electron chi connectivity index (χ1n) is 10.8. The topological polar surface area (TPSA) is 84.8 Å². The van der Waals surface area contributed by atoms with Crippen molar-refractivity contribution in [3.63, 3.8) is 0 Å². The van der Waals surface area contributed by atoms with Gasteiger partial charge >= 0.3 is 0 Å². The number of nitrogens with zero attached hydrogens (tertiary/aromatic N) is 3. The average Bonchev–Trinajstić information content (AvgIpc) is 3.51. The fourth-order valence-electron chi connectivity index (χ4n) is 3.74. The lowest BCUT2D eigenvalue weighted by atomic mass is 10.1. The zero-order valence-electron chi connectivity index (χ0n) is 18.6. The van der Waals surface area contributed by atoms with E-state index in [1.807, 2.05) is 83.6 Å². The van der Waals surface area contributed by atoms with Crippen LogP contribution in [-0.2, 0) is 11.3 Å². The summed E-state index contributed by atoms with van der Waals surface area (Å²) >= 11 is 1.35. The molecule has 2 N–H and O–H groups in total. The highest BCUT2D eigenvalue weighted by Gasteiger charge is 2.19. The number of carbonyl (C=O) groups is 1. The van der Waals surface area contributed by atoms with E-state index in [2.05, 4.69) is 26.6 Å². The third kappa shape index (κ3) is 4.53. The molecule has 0 bridgehead atoms. The van der Waals surface area contributed by atoms with Gasteiger partial charge in [-0.3, -0.25) is 9.36 Å². The van der Waals surface area contributed by atoms with Crippen molar-refractivity contribution >= 4 is 28.6 Å². The van der Waals surface area contributed by atoms with Gasteiger partial charge < -0.3 is 15.0 Å². The van der Waals surface area contributed by atoms with Crippen LogP contribution in [0, 0.1) is 0 Å². The van der Waals surface area contributed by atoms with Crippen LogP contribution in [0.25, 0.3) is 28.0 Å². The second-order valence-electron chi connectivity index (χ2n) is 7.64. The lowest BCUT2D eigenvalue weighted by molar-refractivity contribution is -0.118. The molecular formula is C26H23N5O2S. The van der Waals surface area contributed by atoms with Crippen molar-refractivity contribution in [2.75, 3.05) is 12.9 Å². The van der Waals surface area contributed by atoms with Crippen LogP contribution in [-0.4, -0.2) is 38.5 Å². The van der Waals surface area contributed by atoms with E-state index in [1.165, 1.54) is 11.8 Å². The Morgan fingerprint density at radius 2 is 1.76 bits per heavy atom. The Balaban J connectivity index is 1.43. The van der Waals surface area contributed by atoms with Gasteiger partial charge in [0.2, 0.25) is 5.91 Å². The van der Waals surface area contributed by atoms with Crippen LogP contribution in [0.3, 0.4) is 0 Å². The Morgan fingerprint density at radius 1 is 1.00 bits per heavy atom. The van der Waals surface area contributed by atoms with Crippen LogP contribution in [0.1, 0.15) is 5.56 Å². The Kier molecular flexibility index (Phi) is 6.31. The summed E-state index contributed by atoms with van der Waals surface area (Å²) in [5.41, 5.74) is 3.91. The van der Waals surface area contributed by atoms with Gasteiger partial charge in [-0.1, -0.05) is 60.3 Å². The first kappa shape index (κ1) is 21.8. The summed E-state index contributed by atoms with van der Waals surface area (Å²) < 4.78 is 7.29. The van der Waals surface area contributed by atoms with Crippen LogP contribution in [0.4, 0.5) is 0 Å². The third-order valence-corrected chi connectivity index (χ3v) is 6.39. The van der Waals surface area contributed by atoms with Gasteiger partial charge in [0.05, 0.1) is 12.9 Å². The van der Waals surface area contributed by atoms with E-state index >= 15 is 0 Å². The number of methoxy groups -OCH3 is 1. The zero-order valence-corrected chi connectivity index (χ0v) is 19.4. The number of H-pyrrole nitrogens is 1. The van der Waals surface area contributed by atoms with Gasteiger partial charge in [-0.2, -0.15) is 0 Å². The number of benzene rings is 3. The van der Waals surface area contributed by atoms with Crippen molar-refractivity contribution in [2.24, 2.45) is 0 Å². The summed E-state index contributed by atoms with van der Waals surface area (Å²) in [7, 11) is 1.64. The number of hydrogen-bond acceptors (Lipinski definition) is 5. The van der Waals surface area contributed by atoms with E-state index in [-0.39, 0.29) is 11.7 Å². The van der Waals surface area contributed by atoms with Crippen molar-refractivity contribution < 1.29 is 9.53 Å². The fraction of sp³-hybridized carbons (Fsp3) is 0.115. The Labute approximate surface area is 201 Å². The summed E-state index contributed by atoms with van der Waals surface area (Å²) in [6.07, 6.45) is 1.94. The molecule has 170 valence electrons. The molecule has 0 spiro atoms. The SMILES string of the molecule is COc1ccc(-n2c(SCC(=O)NCc3ccccc3)nnc2-c2c[nH]c3ccccc23)cc1. The zero-order chi connectivity index (χ0) is 23.3. The maximum atomic E-state index is 12.5. The van der Waals surface area contributed by atoms with Crippen molar-refractivity contribution in [3.8, 4) is 22.8 Å². The number of fused-ring (bicyclic) bond motifs is 1. The van der Waals surface area contributed by atoms with E-state index in [4.69, 9.17) is 4.74 Å². The molecule has 0 aliphatic carbocycles. The van der Waals surface area contributed by atoms with Crippen molar-refractivity contribution in [2.45, 2.75) is 11.7 Å². The van der Waals surface area contributed by atoms with Crippen molar-refractivity contribution in [3.05, 3.63) is 90.6 Å². The van der Waals surface area contributed by atoms with Crippen LogP contribution >= 0.6 is 11.8 Å². The lowest BCUT2D eigenvalue weighted by Crippen LogP contribution is -2.24. The number of aromatic nitrogens is 4. The van der Waals surface area contributed by atoms with Crippen molar-refractivity contribution in [1.82, 2.24) is 25.1 Å². The van der Waals surface area contributed by atoms with E-state index in [0.717, 1.165) is 33.5 Å². The lowest BCUT2D eigenvalue weighted by Gasteiger charge is -2.11. The highest BCUT2D eigenvalue weighted by atomic mass is 32.2. The molecule has 0 radical (unpaired) electrons. The van der Waals surface area contributed by atoms with Gasteiger partial charge in [-0.05, 0) is 35.9 Å². The molecule has 0 fully saturated rings. The van der Waals surface area contributed by atoms with Gasteiger partial charge in [0.15, 0.2) is 11.0 Å². The molecule has 0 saturated carbocycles. The minimum Gasteiger partial charge on any atom is -0.497 e. The number of para-hydroxylation sites is 1. The Morgan fingerprint density at radius 3 is 2.56 bits per heavy atom. The summed E-state index contributed by atoms with van der Waals surface area (Å²) in [4.78, 5) is 15.8. The van der Waals surface area contributed by atoms with E-state index in [1.54, 1.807) is 7.11 Å². The summed E-state index contributed by atoms with van der Waals surface area (Å²) in [6.45, 7) is 0.492. The number of hydrogen-bond donors (Lipinski definition) is 2. The molecule has 0 atom stereocenters. The molecule has 3 aromatic carbocycles. The van der Waals surface area contributed by atoms with Crippen LogP contribution in [0.15, 0.2) is 90.2 Å². The number of thioether (sulfide) groups is 1. The maximum Gasteiger partial charge on any atom is 0.230 e. The Hall–Kier alpha value is -4.04. The molecule has 7 nitrogen and oxygen atoms in total. The predicted molar refractivity (Wildman–Crippen MR) is 134 cm³/mol. The first-order chi connectivity index (χ1) is 16.7. The molecule has 5 aromatic rings. The molecule has 0 saturated heterocycles. The van der Waals surface area contributed by atoms with Crippen LogP contribution < -0.4 is 10.1 Å². The second kappa shape index (κ2) is 9.84. The third-order valence-electron chi connectivity index (χ3n) is 5.46. The molecule has 2 aromatic heterocycles. The normalized spacial score (nSPS) is 11.0. The molecular weight excluding hydrogens is 446 g/mol. The number of ether oxygens (including phenoxy) is 1. The average molecular weight is 470 g/mol. The van der Waals surface area contributed by atoms with Gasteiger partial charge in [-0.15, -0.1) is 10.2 Å². The van der Waals surface area contributed by atoms with Crippen molar-refractivity contribution in [1.29, 1.82) is 0 Å². The largest absolute Gasteiger partial charge is 0.497 e. The van der Waals surface area contributed by atoms with Gasteiger partial charge in [0.25, 0.3) is 0 Å². The number of carbonyl (C=O) groups excluding carboxylic acids is 1. The monoisotopic (exact) mass is 469 g/mol. The number of rotatable bonds is 8. The molecule has 2 heterocycles. The van der Waals surface area contributed by atoms with Gasteiger partial charge in [0, 0.05) is 34.9 Å². The fourth-order valence-corrected chi connectivity index (χ4v) is 4.52. The Bertz CT molecular complexity index is 1410. The molecule has 0 unspecified atom stereocenters. The highest BCUT2D eigenvalue weighted by Crippen LogP contribution is 2.32. The number of nitrogens with one attached hydrogen (secondary N) is 2. The van der Waals surface area contributed by atoms with Crippen LogP contribution in [0.5, 0.6) is 5.75 Å². The first-order valence-corrected chi connectivity index (χ1v) is 11.8. The standard InChI is InChI=1S/C26H23N5O2S/c1-33-20-13-11-19(12-14-20)31-25(22-16-27-23-10-6-5-9-21(22)23)29-30-26(31)34-17-24(32)28-15-18-7-3-2-4-8-18/h2-14,16,27H,15,17H2,1H3,(H,28,32). The molecule has 0 aliphatic heterocycles. The second-order valence-corrected chi connectivity index (χ2v) is 8.58. The predicted octanol–water partition coefficient (Wildman–Crippen LogP) is 4.83. The summed E-state index contributed by atoms with van der Waals surface area (Å²) in [5, 5.41) is 13.6.